The Kier molecular flexibility index (Phi) is 6.42. The van der Waals surface area contributed by atoms with E-state index in [-0.39, 0.29) is 11.9 Å². The van der Waals surface area contributed by atoms with Crippen LogP contribution in [0.25, 0.3) is 0 Å². The molecule has 1 atom stereocenters. The third-order valence-electron chi connectivity index (χ3n) is 5.47. The molecular formula is C24H28N4O2. The summed E-state index contributed by atoms with van der Waals surface area (Å²) in [5, 5.41) is 8.80. The van der Waals surface area contributed by atoms with Crippen molar-refractivity contribution in [1.29, 1.82) is 0 Å². The number of benzene rings is 2. The first kappa shape index (κ1) is 20.1. The van der Waals surface area contributed by atoms with Crippen molar-refractivity contribution in [2.75, 3.05) is 13.2 Å². The zero-order chi connectivity index (χ0) is 20.8. The summed E-state index contributed by atoms with van der Waals surface area (Å²) in [4.78, 5) is 14.6. The third kappa shape index (κ3) is 4.87. The Balaban J connectivity index is 1.29. The van der Waals surface area contributed by atoms with Gasteiger partial charge in [-0.1, -0.05) is 48.5 Å². The molecule has 0 bridgehead atoms. The fourth-order valence-corrected chi connectivity index (χ4v) is 3.96. The van der Waals surface area contributed by atoms with Gasteiger partial charge in [-0.3, -0.25) is 4.79 Å². The van der Waals surface area contributed by atoms with E-state index in [9.17, 15) is 4.79 Å². The highest BCUT2D eigenvalue weighted by atomic mass is 16.5. The summed E-state index contributed by atoms with van der Waals surface area (Å²) >= 11 is 0. The van der Waals surface area contributed by atoms with E-state index in [4.69, 9.17) is 4.74 Å². The number of hydrogen-bond acceptors (Lipinski definition) is 4. The topological polar surface area (TPSA) is 60.3 Å². The summed E-state index contributed by atoms with van der Waals surface area (Å²) in [5.74, 6) is 2.88. The molecule has 0 saturated heterocycles. The quantitative estimate of drug-likeness (QED) is 0.536. The summed E-state index contributed by atoms with van der Waals surface area (Å²) in [6.45, 7) is 3.90. The Morgan fingerprint density at radius 2 is 1.77 bits per heavy atom. The SMILES string of the molecule is C[C@H]1CN(C(=O)CCCOc2ccccc2)Cc2nnc(CCc3ccccc3)n21. The van der Waals surface area contributed by atoms with E-state index in [0.29, 0.717) is 32.5 Å². The van der Waals surface area contributed by atoms with Gasteiger partial charge in [-0.15, -0.1) is 10.2 Å². The molecule has 3 aromatic rings. The average molecular weight is 405 g/mol. The van der Waals surface area contributed by atoms with Gasteiger partial charge >= 0.3 is 0 Å². The predicted octanol–water partition coefficient (Wildman–Crippen LogP) is 3.83. The molecule has 0 N–H and O–H groups in total. The molecule has 1 aromatic heterocycles. The average Bonchev–Trinajstić information content (AvgIpc) is 3.20. The fraction of sp³-hybridized carbons (Fsp3) is 0.375. The van der Waals surface area contributed by atoms with Crippen molar-refractivity contribution in [1.82, 2.24) is 19.7 Å². The number of ether oxygens (including phenoxy) is 1. The van der Waals surface area contributed by atoms with Crippen molar-refractivity contribution in [3.05, 3.63) is 77.9 Å². The first-order chi connectivity index (χ1) is 14.7. The summed E-state index contributed by atoms with van der Waals surface area (Å²) < 4.78 is 7.90. The molecule has 1 aliphatic heterocycles. The second-order valence-electron chi connectivity index (χ2n) is 7.78. The van der Waals surface area contributed by atoms with Gasteiger partial charge in [0.15, 0.2) is 5.82 Å². The van der Waals surface area contributed by atoms with Gasteiger partial charge in [-0.25, -0.2) is 0 Å². The minimum absolute atomic E-state index is 0.151. The summed E-state index contributed by atoms with van der Waals surface area (Å²) in [7, 11) is 0. The smallest absolute Gasteiger partial charge is 0.223 e. The molecular weight excluding hydrogens is 376 g/mol. The van der Waals surface area contributed by atoms with Gasteiger partial charge in [0.1, 0.15) is 11.6 Å². The number of rotatable bonds is 8. The molecule has 2 aromatic carbocycles. The van der Waals surface area contributed by atoms with Gasteiger partial charge in [0.25, 0.3) is 0 Å². The Morgan fingerprint density at radius 1 is 1.03 bits per heavy atom. The molecule has 0 aliphatic carbocycles. The van der Waals surface area contributed by atoms with Gasteiger partial charge in [0, 0.05) is 19.4 Å². The predicted molar refractivity (Wildman–Crippen MR) is 115 cm³/mol. The molecule has 1 aliphatic rings. The summed E-state index contributed by atoms with van der Waals surface area (Å²) in [5.41, 5.74) is 1.30. The highest BCUT2D eigenvalue weighted by molar-refractivity contribution is 5.76. The molecule has 0 radical (unpaired) electrons. The zero-order valence-corrected chi connectivity index (χ0v) is 17.4. The van der Waals surface area contributed by atoms with Gasteiger partial charge in [0.2, 0.25) is 5.91 Å². The van der Waals surface area contributed by atoms with Crippen LogP contribution in [0.3, 0.4) is 0 Å². The van der Waals surface area contributed by atoms with E-state index in [1.807, 2.05) is 41.3 Å². The number of nitrogens with zero attached hydrogens (tertiary/aromatic N) is 4. The van der Waals surface area contributed by atoms with Crippen LogP contribution in [0.2, 0.25) is 0 Å². The van der Waals surface area contributed by atoms with Crippen molar-refractivity contribution in [3.63, 3.8) is 0 Å². The van der Waals surface area contributed by atoms with Crippen molar-refractivity contribution in [3.8, 4) is 5.75 Å². The fourth-order valence-electron chi connectivity index (χ4n) is 3.96. The van der Waals surface area contributed by atoms with Crippen LogP contribution in [0.15, 0.2) is 60.7 Å². The first-order valence-electron chi connectivity index (χ1n) is 10.6. The lowest BCUT2D eigenvalue weighted by Crippen LogP contribution is -2.40. The van der Waals surface area contributed by atoms with Crippen molar-refractivity contribution in [2.24, 2.45) is 0 Å². The molecule has 4 rings (SSSR count). The number of aromatic nitrogens is 3. The van der Waals surface area contributed by atoms with E-state index in [2.05, 4.69) is 46.0 Å². The van der Waals surface area contributed by atoms with Crippen molar-refractivity contribution < 1.29 is 9.53 Å². The van der Waals surface area contributed by atoms with E-state index >= 15 is 0 Å². The number of carbonyl (C=O) groups is 1. The Labute approximate surface area is 177 Å². The van der Waals surface area contributed by atoms with Crippen LogP contribution in [0.4, 0.5) is 0 Å². The maximum Gasteiger partial charge on any atom is 0.223 e. The Hall–Kier alpha value is -3.15. The van der Waals surface area contributed by atoms with Crippen LogP contribution in [-0.2, 0) is 24.2 Å². The van der Waals surface area contributed by atoms with Crippen LogP contribution in [0.5, 0.6) is 5.75 Å². The first-order valence-corrected chi connectivity index (χ1v) is 10.6. The molecule has 1 amide bonds. The highest BCUT2D eigenvalue weighted by Crippen LogP contribution is 2.23. The van der Waals surface area contributed by atoms with Crippen LogP contribution >= 0.6 is 0 Å². The second-order valence-corrected chi connectivity index (χ2v) is 7.78. The van der Waals surface area contributed by atoms with E-state index in [1.54, 1.807) is 0 Å². The summed E-state index contributed by atoms with van der Waals surface area (Å²) in [6, 6.07) is 20.3. The lowest BCUT2D eigenvalue weighted by Gasteiger charge is -2.32. The molecule has 0 spiro atoms. The number of aryl methyl sites for hydroxylation is 2. The van der Waals surface area contributed by atoms with E-state index < -0.39 is 0 Å². The largest absolute Gasteiger partial charge is 0.494 e. The number of carbonyl (C=O) groups excluding carboxylic acids is 1. The molecule has 0 saturated carbocycles. The van der Waals surface area contributed by atoms with Gasteiger partial charge in [-0.2, -0.15) is 0 Å². The van der Waals surface area contributed by atoms with Crippen LogP contribution < -0.4 is 4.74 Å². The van der Waals surface area contributed by atoms with Gasteiger partial charge < -0.3 is 14.2 Å². The molecule has 2 heterocycles. The second kappa shape index (κ2) is 9.57. The molecule has 0 unspecified atom stereocenters. The Bertz CT molecular complexity index is 956. The standard InChI is InChI=1S/C24H28N4O2/c1-19-17-27(24(29)13-8-16-30-21-11-6-3-7-12-21)18-23-26-25-22(28(19)23)15-14-20-9-4-2-5-10-20/h2-7,9-12,19H,8,13-18H2,1H3/t19-/m0/s1. The summed E-state index contributed by atoms with van der Waals surface area (Å²) in [6.07, 6.45) is 2.98. The number of para-hydroxylation sites is 1. The van der Waals surface area contributed by atoms with Crippen LogP contribution in [-0.4, -0.2) is 38.7 Å². The highest BCUT2D eigenvalue weighted by Gasteiger charge is 2.28. The normalized spacial score (nSPS) is 15.6. The molecule has 0 fully saturated rings. The van der Waals surface area contributed by atoms with E-state index in [0.717, 1.165) is 30.2 Å². The zero-order valence-electron chi connectivity index (χ0n) is 17.4. The lowest BCUT2D eigenvalue weighted by atomic mass is 10.1. The molecule has 156 valence electrons. The molecule has 30 heavy (non-hydrogen) atoms. The monoisotopic (exact) mass is 404 g/mol. The number of amides is 1. The van der Waals surface area contributed by atoms with Gasteiger partial charge in [-0.05, 0) is 37.5 Å². The maximum absolute atomic E-state index is 12.7. The number of fused-ring (bicyclic) bond motifs is 1. The minimum Gasteiger partial charge on any atom is -0.494 e. The van der Waals surface area contributed by atoms with Crippen LogP contribution in [0.1, 0.15) is 43.0 Å². The van der Waals surface area contributed by atoms with Gasteiger partial charge in [0.05, 0.1) is 19.2 Å². The van der Waals surface area contributed by atoms with Crippen LogP contribution in [0, 0.1) is 0 Å². The van der Waals surface area contributed by atoms with E-state index in [1.165, 1.54) is 5.56 Å². The molecule has 6 nitrogen and oxygen atoms in total. The van der Waals surface area contributed by atoms with Crippen molar-refractivity contribution >= 4 is 5.91 Å². The minimum atomic E-state index is 0.151. The van der Waals surface area contributed by atoms with Crippen molar-refractivity contribution in [2.45, 2.75) is 45.2 Å². The maximum atomic E-state index is 12.7. The Morgan fingerprint density at radius 3 is 2.53 bits per heavy atom. The lowest BCUT2D eigenvalue weighted by molar-refractivity contribution is -0.133. The molecule has 6 heteroatoms. The third-order valence-corrected chi connectivity index (χ3v) is 5.47. The number of hydrogen-bond donors (Lipinski definition) is 0.